The molecule has 128 valence electrons. The lowest BCUT2D eigenvalue weighted by Crippen LogP contribution is -2.48. The lowest BCUT2D eigenvalue weighted by atomic mass is 9.98. The van der Waals surface area contributed by atoms with Gasteiger partial charge in [-0.2, -0.15) is 0 Å². The summed E-state index contributed by atoms with van der Waals surface area (Å²) in [6.45, 7) is 7.16. The molecule has 0 bridgehead atoms. The van der Waals surface area contributed by atoms with Crippen molar-refractivity contribution in [3.05, 3.63) is 35.9 Å². The molecule has 1 aromatic rings. The number of nitrogens with zero attached hydrogens (tertiary/aromatic N) is 1. The van der Waals surface area contributed by atoms with Crippen molar-refractivity contribution in [1.29, 1.82) is 0 Å². The van der Waals surface area contributed by atoms with Gasteiger partial charge in [-0.3, -0.25) is 4.90 Å². The van der Waals surface area contributed by atoms with Crippen molar-refractivity contribution in [2.24, 2.45) is 5.92 Å². The van der Waals surface area contributed by atoms with Gasteiger partial charge >= 0.3 is 6.03 Å². The monoisotopic (exact) mass is 319 g/mol. The van der Waals surface area contributed by atoms with Crippen molar-refractivity contribution < 1.29 is 9.90 Å². The highest BCUT2D eigenvalue weighted by molar-refractivity contribution is 5.74. The second-order valence-electron chi connectivity index (χ2n) is 6.57. The van der Waals surface area contributed by atoms with Crippen molar-refractivity contribution in [2.45, 2.75) is 38.8 Å². The molecule has 0 unspecified atom stereocenters. The molecule has 0 aromatic heterocycles. The normalized spacial score (nSPS) is 19.1. The van der Waals surface area contributed by atoms with Gasteiger partial charge in [0.05, 0.1) is 12.6 Å². The summed E-state index contributed by atoms with van der Waals surface area (Å²) in [7, 11) is 0. The Morgan fingerprint density at radius 3 is 2.57 bits per heavy atom. The van der Waals surface area contributed by atoms with Crippen molar-refractivity contribution in [2.75, 3.05) is 26.2 Å². The minimum absolute atomic E-state index is 0.114. The molecule has 1 saturated heterocycles. The molecule has 2 amide bonds. The van der Waals surface area contributed by atoms with E-state index in [1.165, 1.54) is 12.8 Å². The lowest BCUT2D eigenvalue weighted by molar-refractivity contribution is 0.144. The summed E-state index contributed by atoms with van der Waals surface area (Å²) in [6.07, 6.45) is 2.47. The average molecular weight is 319 g/mol. The first-order chi connectivity index (χ1) is 11.1. The number of benzene rings is 1. The third-order valence-corrected chi connectivity index (χ3v) is 4.69. The second-order valence-corrected chi connectivity index (χ2v) is 6.57. The summed E-state index contributed by atoms with van der Waals surface area (Å²) >= 11 is 0. The molecule has 2 rings (SSSR count). The molecule has 1 aliphatic heterocycles. The molecular weight excluding hydrogens is 290 g/mol. The summed E-state index contributed by atoms with van der Waals surface area (Å²) in [5.41, 5.74) is 0.906. The van der Waals surface area contributed by atoms with Crippen LogP contribution >= 0.6 is 0 Å². The van der Waals surface area contributed by atoms with E-state index in [4.69, 9.17) is 0 Å². The zero-order valence-electron chi connectivity index (χ0n) is 14.2. The Kier molecular flexibility index (Phi) is 6.86. The topological polar surface area (TPSA) is 64.6 Å². The summed E-state index contributed by atoms with van der Waals surface area (Å²) < 4.78 is 0. The van der Waals surface area contributed by atoms with E-state index in [2.05, 4.69) is 29.4 Å². The Morgan fingerprint density at radius 1 is 1.30 bits per heavy atom. The average Bonchev–Trinajstić information content (AvgIpc) is 2.59. The molecule has 2 atom stereocenters. The van der Waals surface area contributed by atoms with Crippen LogP contribution < -0.4 is 10.6 Å². The number of carbonyl (C=O) groups excluding carboxylic acids is 1. The quantitative estimate of drug-likeness (QED) is 0.753. The fourth-order valence-corrected chi connectivity index (χ4v) is 2.97. The van der Waals surface area contributed by atoms with E-state index in [9.17, 15) is 9.90 Å². The van der Waals surface area contributed by atoms with Gasteiger partial charge < -0.3 is 15.7 Å². The van der Waals surface area contributed by atoms with E-state index in [1.54, 1.807) is 0 Å². The Hall–Kier alpha value is -1.59. The van der Waals surface area contributed by atoms with Crippen molar-refractivity contribution in [3.63, 3.8) is 0 Å². The number of urea groups is 1. The van der Waals surface area contributed by atoms with Crippen molar-refractivity contribution >= 4 is 6.03 Å². The first kappa shape index (κ1) is 17.8. The number of piperidine rings is 1. The van der Waals surface area contributed by atoms with Gasteiger partial charge in [0.15, 0.2) is 0 Å². The number of hydrogen-bond acceptors (Lipinski definition) is 3. The molecule has 0 saturated carbocycles. The molecule has 0 spiro atoms. The Balaban J connectivity index is 1.75. The Labute approximate surface area is 139 Å². The van der Waals surface area contributed by atoms with Gasteiger partial charge in [-0.15, -0.1) is 0 Å². The number of nitrogens with one attached hydrogen (secondary N) is 2. The predicted octanol–water partition coefficient (Wildman–Crippen LogP) is 2.14. The third kappa shape index (κ3) is 5.52. The molecule has 5 nitrogen and oxygen atoms in total. The molecule has 23 heavy (non-hydrogen) atoms. The van der Waals surface area contributed by atoms with E-state index in [-0.39, 0.29) is 18.7 Å². The molecule has 0 aliphatic carbocycles. The van der Waals surface area contributed by atoms with Crippen LogP contribution in [0.2, 0.25) is 0 Å². The summed E-state index contributed by atoms with van der Waals surface area (Å²) in [5.74, 6) is 0.811. The number of carbonyl (C=O) groups is 1. The molecule has 5 heteroatoms. The Bertz CT molecular complexity index is 472. The zero-order chi connectivity index (χ0) is 16.7. The minimum Gasteiger partial charge on any atom is -0.394 e. The lowest BCUT2D eigenvalue weighted by Gasteiger charge is -2.35. The maximum Gasteiger partial charge on any atom is 0.315 e. The molecule has 1 aromatic carbocycles. The first-order valence-corrected chi connectivity index (χ1v) is 8.54. The summed E-state index contributed by atoms with van der Waals surface area (Å²) in [5, 5.41) is 15.2. The van der Waals surface area contributed by atoms with Crippen LogP contribution in [0.1, 0.15) is 38.3 Å². The van der Waals surface area contributed by atoms with E-state index < -0.39 is 0 Å². The number of hydrogen-bond donors (Lipinski definition) is 3. The number of amides is 2. The highest BCUT2D eigenvalue weighted by atomic mass is 16.3. The van der Waals surface area contributed by atoms with Crippen molar-refractivity contribution in [1.82, 2.24) is 15.5 Å². The highest BCUT2D eigenvalue weighted by Gasteiger charge is 2.21. The summed E-state index contributed by atoms with van der Waals surface area (Å²) in [6, 6.07) is 9.25. The van der Waals surface area contributed by atoms with Crippen molar-refractivity contribution in [3.8, 4) is 0 Å². The SMILES string of the molecule is CC1CCN([C@@H](C)CNC(=O)N[C@H](CO)c2ccccc2)CC1. The van der Waals surface area contributed by atoms with Gasteiger partial charge in [0.2, 0.25) is 0 Å². The fraction of sp³-hybridized carbons (Fsp3) is 0.611. The fourth-order valence-electron chi connectivity index (χ4n) is 2.97. The van der Waals surface area contributed by atoms with Crippen LogP contribution in [0, 0.1) is 5.92 Å². The van der Waals surface area contributed by atoms with Crippen LogP contribution in [-0.2, 0) is 0 Å². The van der Waals surface area contributed by atoms with E-state index >= 15 is 0 Å². The van der Waals surface area contributed by atoms with Crippen LogP contribution in [0.4, 0.5) is 4.79 Å². The van der Waals surface area contributed by atoms with Gasteiger partial charge in [0.25, 0.3) is 0 Å². The van der Waals surface area contributed by atoms with Gasteiger partial charge in [-0.25, -0.2) is 4.79 Å². The van der Waals surface area contributed by atoms with Crippen LogP contribution in [0.3, 0.4) is 0 Å². The number of rotatable bonds is 6. The molecule has 1 heterocycles. The first-order valence-electron chi connectivity index (χ1n) is 8.54. The van der Waals surface area contributed by atoms with Gasteiger partial charge in [-0.05, 0) is 44.3 Å². The van der Waals surface area contributed by atoms with Gasteiger partial charge in [0.1, 0.15) is 0 Å². The summed E-state index contributed by atoms with van der Waals surface area (Å²) in [4.78, 5) is 14.5. The Morgan fingerprint density at radius 2 is 1.96 bits per heavy atom. The van der Waals surface area contributed by atoms with Crippen LogP contribution in [-0.4, -0.2) is 48.3 Å². The maximum absolute atomic E-state index is 12.1. The molecular formula is C18H29N3O2. The number of aliphatic hydroxyl groups is 1. The predicted molar refractivity (Wildman–Crippen MR) is 92.2 cm³/mol. The third-order valence-electron chi connectivity index (χ3n) is 4.69. The van der Waals surface area contributed by atoms with Crippen LogP contribution in [0.25, 0.3) is 0 Å². The van der Waals surface area contributed by atoms with E-state index in [0.29, 0.717) is 12.6 Å². The highest BCUT2D eigenvalue weighted by Crippen LogP contribution is 2.17. The largest absolute Gasteiger partial charge is 0.394 e. The smallest absolute Gasteiger partial charge is 0.315 e. The van der Waals surface area contributed by atoms with E-state index in [1.807, 2.05) is 30.3 Å². The zero-order valence-corrected chi connectivity index (χ0v) is 14.2. The van der Waals surface area contributed by atoms with Gasteiger partial charge in [0, 0.05) is 12.6 Å². The van der Waals surface area contributed by atoms with Gasteiger partial charge in [-0.1, -0.05) is 37.3 Å². The molecule has 1 fully saturated rings. The second kappa shape index (κ2) is 8.89. The minimum atomic E-state index is -0.373. The van der Waals surface area contributed by atoms with Crippen LogP contribution in [0.15, 0.2) is 30.3 Å². The molecule has 1 aliphatic rings. The molecule has 0 radical (unpaired) electrons. The van der Waals surface area contributed by atoms with E-state index in [0.717, 1.165) is 24.6 Å². The standard InChI is InChI=1S/C18H29N3O2/c1-14-8-10-21(11-9-14)15(2)12-19-18(23)20-17(13-22)16-6-4-3-5-7-16/h3-7,14-15,17,22H,8-13H2,1-2H3,(H2,19,20,23)/t15-,17+/m0/s1. The van der Waals surface area contributed by atoms with Crippen LogP contribution in [0.5, 0.6) is 0 Å². The maximum atomic E-state index is 12.1. The number of likely N-dealkylation sites (tertiary alicyclic amines) is 1. The molecule has 3 N–H and O–H groups in total. The number of aliphatic hydroxyl groups excluding tert-OH is 1.